The summed E-state index contributed by atoms with van der Waals surface area (Å²) in [7, 11) is 0. The molecule has 0 spiro atoms. The lowest BCUT2D eigenvalue weighted by Gasteiger charge is -2.34. The molecule has 0 aromatic carbocycles. The van der Waals surface area contributed by atoms with E-state index in [1.54, 1.807) is 0 Å². The van der Waals surface area contributed by atoms with E-state index in [1.165, 1.54) is 0 Å². The molecule has 19 heavy (non-hydrogen) atoms. The highest BCUT2D eigenvalue weighted by Gasteiger charge is 2.25. The van der Waals surface area contributed by atoms with Gasteiger partial charge >= 0.3 is 0 Å². The van der Waals surface area contributed by atoms with Gasteiger partial charge in [-0.25, -0.2) is 0 Å². The van der Waals surface area contributed by atoms with Crippen molar-refractivity contribution in [3.05, 3.63) is 0 Å². The lowest BCUT2D eigenvalue weighted by molar-refractivity contribution is -0.135. The second-order valence-corrected chi connectivity index (χ2v) is 6.91. The first-order valence-electron chi connectivity index (χ1n) is 8.15. The molecule has 0 saturated heterocycles. The highest BCUT2D eigenvalue weighted by atomic mass is 16.2. The summed E-state index contributed by atoms with van der Waals surface area (Å²) in [6.45, 7) is 14.0. The Kier molecular flexibility index (Phi) is 9.12. The van der Waals surface area contributed by atoms with Crippen molar-refractivity contribution in [3.8, 4) is 0 Å². The van der Waals surface area contributed by atoms with Crippen LogP contribution in [0.25, 0.3) is 0 Å². The summed E-state index contributed by atoms with van der Waals surface area (Å²) in [4.78, 5) is 14.8. The maximum absolute atomic E-state index is 12.6. The summed E-state index contributed by atoms with van der Waals surface area (Å²) < 4.78 is 0. The molecule has 0 aromatic rings. The van der Waals surface area contributed by atoms with Crippen LogP contribution < -0.4 is 0 Å². The van der Waals surface area contributed by atoms with Crippen LogP contribution in [0.2, 0.25) is 0 Å². The molecular weight excluding hydrogens is 234 g/mol. The number of nitrogens with zero attached hydrogens (tertiary/aromatic N) is 1. The van der Waals surface area contributed by atoms with Crippen LogP contribution in [-0.4, -0.2) is 23.4 Å². The van der Waals surface area contributed by atoms with Gasteiger partial charge < -0.3 is 4.90 Å². The van der Waals surface area contributed by atoms with Gasteiger partial charge in [0.15, 0.2) is 0 Å². The highest BCUT2D eigenvalue weighted by Crippen LogP contribution is 2.23. The lowest BCUT2D eigenvalue weighted by atomic mass is 9.91. The fourth-order valence-electron chi connectivity index (χ4n) is 2.52. The number of amides is 1. The van der Waals surface area contributed by atoms with Gasteiger partial charge in [-0.3, -0.25) is 4.79 Å². The third kappa shape index (κ3) is 8.28. The molecule has 0 aliphatic carbocycles. The van der Waals surface area contributed by atoms with E-state index in [1.807, 2.05) is 0 Å². The minimum atomic E-state index is 0.0878. The quantitative estimate of drug-likeness (QED) is 0.575. The van der Waals surface area contributed by atoms with Crippen LogP contribution in [-0.2, 0) is 4.79 Å². The molecule has 2 nitrogen and oxygen atoms in total. The third-order valence-electron chi connectivity index (χ3n) is 3.44. The van der Waals surface area contributed by atoms with Crippen molar-refractivity contribution in [1.29, 1.82) is 0 Å². The Balaban J connectivity index is 4.78. The van der Waals surface area contributed by atoms with Gasteiger partial charge in [-0.2, -0.15) is 0 Å². The molecule has 114 valence electrons. The molecular formula is C17H35NO. The van der Waals surface area contributed by atoms with E-state index in [0.717, 1.165) is 45.1 Å². The first-order chi connectivity index (χ1) is 8.85. The Morgan fingerprint density at radius 3 is 1.89 bits per heavy atom. The average molecular weight is 269 g/mol. The topological polar surface area (TPSA) is 20.3 Å². The molecule has 0 saturated carbocycles. The van der Waals surface area contributed by atoms with Gasteiger partial charge in [-0.1, -0.05) is 60.8 Å². The van der Waals surface area contributed by atoms with Gasteiger partial charge in [0, 0.05) is 19.0 Å². The minimum absolute atomic E-state index is 0.0878. The van der Waals surface area contributed by atoms with Crippen LogP contribution in [0.1, 0.15) is 86.5 Å². The van der Waals surface area contributed by atoms with Crippen molar-refractivity contribution in [2.24, 2.45) is 5.41 Å². The number of carbonyl (C=O) groups excluding carboxylic acids is 1. The fraction of sp³-hybridized carbons (Fsp3) is 0.941. The second-order valence-electron chi connectivity index (χ2n) is 6.91. The monoisotopic (exact) mass is 269 g/mol. The third-order valence-corrected chi connectivity index (χ3v) is 3.44. The molecule has 0 radical (unpaired) electrons. The smallest absolute Gasteiger partial charge is 0.223 e. The van der Waals surface area contributed by atoms with E-state index in [2.05, 4.69) is 46.4 Å². The van der Waals surface area contributed by atoms with Crippen LogP contribution in [0.4, 0.5) is 0 Å². The summed E-state index contributed by atoms with van der Waals surface area (Å²) in [5.74, 6) is 0.354. The van der Waals surface area contributed by atoms with Gasteiger partial charge in [0.25, 0.3) is 0 Å². The van der Waals surface area contributed by atoms with Crippen molar-refractivity contribution in [2.45, 2.75) is 92.5 Å². The zero-order chi connectivity index (χ0) is 14.9. The van der Waals surface area contributed by atoms with Crippen molar-refractivity contribution >= 4 is 5.91 Å². The molecule has 0 rings (SSSR count). The summed E-state index contributed by atoms with van der Waals surface area (Å²) in [6.07, 6.45) is 7.57. The van der Waals surface area contributed by atoms with Crippen molar-refractivity contribution in [2.75, 3.05) is 6.54 Å². The van der Waals surface area contributed by atoms with Crippen LogP contribution in [0.3, 0.4) is 0 Å². The Morgan fingerprint density at radius 1 is 1.00 bits per heavy atom. The van der Waals surface area contributed by atoms with Crippen molar-refractivity contribution < 1.29 is 4.79 Å². The molecule has 0 unspecified atom stereocenters. The predicted molar refractivity (Wildman–Crippen MR) is 84.3 cm³/mol. The fourth-order valence-corrected chi connectivity index (χ4v) is 2.52. The van der Waals surface area contributed by atoms with E-state index in [9.17, 15) is 4.79 Å². The van der Waals surface area contributed by atoms with Gasteiger partial charge in [0.1, 0.15) is 0 Å². The van der Waals surface area contributed by atoms with E-state index < -0.39 is 0 Å². The minimum Gasteiger partial charge on any atom is -0.340 e. The van der Waals surface area contributed by atoms with Crippen LogP contribution in [0, 0.1) is 5.41 Å². The highest BCUT2D eigenvalue weighted by molar-refractivity contribution is 5.77. The molecule has 0 aliphatic rings. The van der Waals surface area contributed by atoms with Gasteiger partial charge in [0.05, 0.1) is 0 Å². The maximum atomic E-state index is 12.6. The van der Waals surface area contributed by atoms with E-state index in [-0.39, 0.29) is 5.41 Å². The van der Waals surface area contributed by atoms with Crippen LogP contribution in [0.15, 0.2) is 0 Å². The first-order valence-corrected chi connectivity index (χ1v) is 8.15. The summed E-state index contributed by atoms with van der Waals surface area (Å²) in [5, 5.41) is 0. The molecule has 0 N–H and O–H groups in total. The number of unbranched alkanes of at least 4 members (excludes halogenated alkanes) is 1. The van der Waals surface area contributed by atoms with Gasteiger partial charge in [0.2, 0.25) is 5.91 Å². The normalized spacial score (nSPS) is 11.9. The van der Waals surface area contributed by atoms with Crippen LogP contribution in [0.5, 0.6) is 0 Å². The summed E-state index contributed by atoms with van der Waals surface area (Å²) in [6, 6.07) is 0.455. The van der Waals surface area contributed by atoms with Crippen molar-refractivity contribution in [3.63, 3.8) is 0 Å². The molecule has 2 heteroatoms. The summed E-state index contributed by atoms with van der Waals surface area (Å²) in [5.41, 5.74) is 0.0878. The number of carbonyl (C=O) groups is 1. The SMILES string of the molecule is CCCCN(C(=O)CC(C)(C)C)C(CCC)CCC. The first kappa shape index (κ1) is 18.5. The van der Waals surface area contributed by atoms with E-state index >= 15 is 0 Å². The molecule has 0 bridgehead atoms. The maximum Gasteiger partial charge on any atom is 0.223 e. The van der Waals surface area contributed by atoms with Crippen molar-refractivity contribution in [1.82, 2.24) is 4.90 Å². The van der Waals surface area contributed by atoms with Gasteiger partial charge in [-0.05, 0) is 24.7 Å². The largest absolute Gasteiger partial charge is 0.340 e. The van der Waals surface area contributed by atoms with E-state index in [0.29, 0.717) is 18.4 Å². The Morgan fingerprint density at radius 2 is 1.53 bits per heavy atom. The zero-order valence-electron chi connectivity index (χ0n) is 14.1. The second kappa shape index (κ2) is 9.39. The number of rotatable bonds is 9. The average Bonchev–Trinajstić information content (AvgIpc) is 2.27. The Bertz CT molecular complexity index is 236. The van der Waals surface area contributed by atoms with E-state index in [4.69, 9.17) is 0 Å². The van der Waals surface area contributed by atoms with Crippen LogP contribution >= 0.6 is 0 Å². The zero-order valence-corrected chi connectivity index (χ0v) is 14.1. The van der Waals surface area contributed by atoms with Gasteiger partial charge in [-0.15, -0.1) is 0 Å². The predicted octanol–water partition coefficient (Wildman–Crippen LogP) is 5.02. The molecule has 0 aromatic heterocycles. The molecule has 0 heterocycles. The number of hydrogen-bond donors (Lipinski definition) is 0. The Labute approximate surface area is 120 Å². The standard InChI is InChI=1S/C17H35NO/c1-7-10-13-18(15(11-8-2)12-9-3)16(19)14-17(4,5)6/h15H,7-14H2,1-6H3. The molecule has 0 fully saturated rings. The molecule has 1 amide bonds. The molecule has 0 aliphatic heterocycles. The Hall–Kier alpha value is -0.530. The lowest BCUT2D eigenvalue weighted by Crippen LogP contribution is -2.42. The summed E-state index contributed by atoms with van der Waals surface area (Å²) >= 11 is 0. The molecule has 0 atom stereocenters. The number of hydrogen-bond acceptors (Lipinski definition) is 1.